The van der Waals surface area contributed by atoms with E-state index in [2.05, 4.69) is 53.6 Å². The molecule has 5 heteroatoms. The second kappa shape index (κ2) is 9.64. The predicted octanol–water partition coefficient (Wildman–Crippen LogP) is 2.86. The summed E-state index contributed by atoms with van der Waals surface area (Å²) in [6.45, 7) is 7.82. The van der Waals surface area contributed by atoms with E-state index in [1.165, 1.54) is 5.56 Å². The molecule has 2 rings (SSSR count). The zero-order valence-corrected chi connectivity index (χ0v) is 15.2. The zero-order chi connectivity index (χ0) is 17.4. The minimum atomic E-state index is -0.0887. The monoisotopic (exact) mass is 333 g/mol. The molecule has 1 aromatic carbocycles. The maximum absolute atomic E-state index is 12.1. The number of methoxy groups -OCH3 is 1. The summed E-state index contributed by atoms with van der Waals surface area (Å²) in [5.74, 6) is 0. The summed E-state index contributed by atoms with van der Waals surface area (Å²) >= 11 is 0. The van der Waals surface area contributed by atoms with Crippen LogP contribution < -0.4 is 10.6 Å². The summed E-state index contributed by atoms with van der Waals surface area (Å²) in [5, 5.41) is 6.05. The fraction of sp³-hybridized carbons (Fsp3) is 0.632. The number of piperidine rings is 1. The lowest BCUT2D eigenvalue weighted by Gasteiger charge is -2.31. The van der Waals surface area contributed by atoms with Crippen LogP contribution in [0.4, 0.5) is 4.79 Å². The molecule has 1 fully saturated rings. The zero-order valence-electron chi connectivity index (χ0n) is 15.2. The van der Waals surface area contributed by atoms with Crippen molar-refractivity contribution in [1.82, 2.24) is 15.5 Å². The van der Waals surface area contributed by atoms with Crippen molar-refractivity contribution in [3.63, 3.8) is 0 Å². The Balaban J connectivity index is 1.69. The number of aryl methyl sites for hydroxylation is 1. The van der Waals surface area contributed by atoms with E-state index < -0.39 is 0 Å². The SMILES string of the molecule is CC[C@@H](NC(=O)NCCN1CCC(OC)CC1)c1ccc(C)cc1. The maximum atomic E-state index is 12.1. The second-order valence-corrected chi connectivity index (χ2v) is 6.55. The highest BCUT2D eigenvalue weighted by molar-refractivity contribution is 5.74. The largest absolute Gasteiger partial charge is 0.381 e. The van der Waals surface area contributed by atoms with Gasteiger partial charge in [0.15, 0.2) is 0 Å². The quantitative estimate of drug-likeness (QED) is 0.807. The molecule has 24 heavy (non-hydrogen) atoms. The van der Waals surface area contributed by atoms with E-state index in [9.17, 15) is 4.79 Å². The van der Waals surface area contributed by atoms with Crippen LogP contribution in [0.15, 0.2) is 24.3 Å². The van der Waals surface area contributed by atoms with Gasteiger partial charge in [0, 0.05) is 33.3 Å². The molecule has 2 amide bonds. The highest BCUT2D eigenvalue weighted by atomic mass is 16.5. The highest BCUT2D eigenvalue weighted by Crippen LogP contribution is 2.17. The minimum absolute atomic E-state index is 0.0584. The predicted molar refractivity (Wildman–Crippen MR) is 97.2 cm³/mol. The molecule has 0 bridgehead atoms. The summed E-state index contributed by atoms with van der Waals surface area (Å²) < 4.78 is 5.38. The Kier molecular flexibility index (Phi) is 7.53. The molecule has 0 saturated carbocycles. The molecule has 1 heterocycles. The Hall–Kier alpha value is -1.59. The fourth-order valence-corrected chi connectivity index (χ4v) is 3.13. The third-order valence-electron chi connectivity index (χ3n) is 4.77. The number of nitrogens with zero attached hydrogens (tertiary/aromatic N) is 1. The Bertz CT molecular complexity index is 496. The fourth-order valence-electron chi connectivity index (χ4n) is 3.13. The first-order valence-corrected chi connectivity index (χ1v) is 8.98. The third kappa shape index (κ3) is 5.80. The van der Waals surface area contributed by atoms with Crippen molar-refractivity contribution in [3.05, 3.63) is 35.4 Å². The number of ether oxygens (including phenoxy) is 1. The lowest BCUT2D eigenvalue weighted by Crippen LogP contribution is -2.44. The van der Waals surface area contributed by atoms with Gasteiger partial charge in [0.1, 0.15) is 0 Å². The molecule has 0 radical (unpaired) electrons. The lowest BCUT2D eigenvalue weighted by molar-refractivity contribution is 0.0416. The molecule has 0 spiro atoms. The summed E-state index contributed by atoms with van der Waals surface area (Å²) in [6.07, 6.45) is 3.43. The van der Waals surface area contributed by atoms with E-state index in [1.807, 2.05) is 0 Å². The van der Waals surface area contributed by atoms with Gasteiger partial charge in [-0.2, -0.15) is 0 Å². The van der Waals surface area contributed by atoms with Crippen molar-refractivity contribution >= 4 is 6.03 Å². The van der Waals surface area contributed by atoms with E-state index >= 15 is 0 Å². The minimum Gasteiger partial charge on any atom is -0.381 e. The molecule has 1 aromatic rings. The van der Waals surface area contributed by atoms with Gasteiger partial charge in [0.05, 0.1) is 12.1 Å². The molecular formula is C19H31N3O2. The van der Waals surface area contributed by atoms with Gasteiger partial charge in [-0.05, 0) is 31.7 Å². The molecule has 1 aliphatic heterocycles. The summed E-state index contributed by atoms with van der Waals surface area (Å²) in [6, 6.07) is 8.31. The van der Waals surface area contributed by atoms with Gasteiger partial charge < -0.3 is 20.3 Å². The number of carbonyl (C=O) groups is 1. The van der Waals surface area contributed by atoms with Crippen LogP contribution in [0.5, 0.6) is 0 Å². The number of urea groups is 1. The molecule has 0 unspecified atom stereocenters. The second-order valence-electron chi connectivity index (χ2n) is 6.55. The van der Waals surface area contributed by atoms with Gasteiger partial charge in [-0.3, -0.25) is 0 Å². The Morgan fingerprint density at radius 3 is 2.54 bits per heavy atom. The molecule has 0 aliphatic carbocycles. The van der Waals surface area contributed by atoms with Gasteiger partial charge in [-0.1, -0.05) is 36.8 Å². The van der Waals surface area contributed by atoms with Crippen LogP contribution in [-0.4, -0.2) is 50.3 Å². The van der Waals surface area contributed by atoms with Crippen molar-refractivity contribution in [2.24, 2.45) is 0 Å². The van der Waals surface area contributed by atoms with Crippen molar-refractivity contribution in [3.8, 4) is 0 Å². The Labute approximate surface area is 145 Å². The van der Waals surface area contributed by atoms with Gasteiger partial charge in [0.2, 0.25) is 0 Å². The number of likely N-dealkylation sites (tertiary alicyclic amines) is 1. The van der Waals surface area contributed by atoms with E-state index in [4.69, 9.17) is 4.74 Å². The molecule has 1 aliphatic rings. The molecule has 5 nitrogen and oxygen atoms in total. The molecule has 0 aromatic heterocycles. The van der Waals surface area contributed by atoms with Crippen molar-refractivity contribution in [2.75, 3.05) is 33.3 Å². The maximum Gasteiger partial charge on any atom is 0.315 e. The first-order chi connectivity index (χ1) is 11.6. The van der Waals surface area contributed by atoms with Crippen molar-refractivity contribution in [2.45, 2.75) is 45.3 Å². The van der Waals surface area contributed by atoms with Gasteiger partial charge in [0.25, 0.3) is 0 Å². The van der Waals surface area contributed by atoms with Crippen molar-refractivity contribution < 1.29 is 9.53 Å². The normalized spacial score (nSPS) is 17.5. The number of rotatable bonds is 7. The molecule has 134 valence electrons. The number of hydrogen-bond donors (Lipinski definition) is 2. The van der Waals surface area contributed by atoms with E-state index in [0.717, 1.165) is 44.5 Å². The number of carbonyl (C=O) groups excluding carboxylic acids is 1. The van der Waals surface area contributed by atoms with E-state index in [-0.39, 0.29) is 12.1 Å². The average molecular weight is 333 g/mol. The molecule has 1 atom stereocenters. The first-order valence-electron chi connectivity index (χ1n) is 8.98. The number of nitrogens with one attached hydrogen (secondary N) is 2. The van der Waals surface area contributed by atoms with Crippen LogP contribution in [0.25, 0.3) is 0 Å². The van der Waals surface area contributed by atoms with Crippen molar-refractivity contribution in [1.29, 1.82) is 0 Å². The van der Waals surface area contributed by atoms with E-state index in [0.29, 0.717) is 12.6 Å². The molecular weight excluding hydrogens is 302 g/mol. The van der Waals surface area contributed by atoms with Crippen LogP contribution in [0.3, 0.4) is 0 Å². The standard InChI is InChI=1S/C19H31N3O2/c1-4-18(16-7-5-15(2)6-8-16)21-19(23)20-11-14-22-12-9-17(24-3)10-13-22/h5-8,17-18H,4,9-14H2,1-3H3,(H2,20,21,23)/t18-/m1/s1. The molecule has 2 N–H and O–H groups in total. The average Bonchev–Trinajstić information content (AvgIpc) is 2.61. The smallest absolute Gasteiger partial charge is 0.315 e. The van der Waals surface area contributed by atoms with Crippen LogP contribution in [0, 0.1) is 6.92 Å². The van der Waals surface area contributed by atoms with Crippen LogP contribution in [0.1, 0.15) is 43.4 Å². The van der Waals surface area contributed by atoms with E-state index in [1.54, 1.807) is 7.11 Å². The Morgan fingerprint density at radius 2 is 1.96 bits per heavy atom. The van der Waals surface area contributed by atoms with Crippen LogP contribution >= 0.6 is 0 Å². The lowest BCUT2D eigenvalue weighted by atomic mass is 10.0. The first kappa shape index (κ1) is 18.7. The number of benzene rings is 1. The Morgan fingerprint density at radius 1 is 1.29 bits per heavy atom. The van der Waals surface area contributed by atoms with Crippen LogP contribution in [0.2, 0.25) is 0 Å². The van der Waals surface area contributed by atoms with Crippen LogP contribution in [-0.2, 0) is 4.74 Å². The van der Waals surface area contributed by atoms with Gasteiger partial charge in [-0.25, -0.2) is 4.79 Å². The third-order valence-corrected chi connectivity index (χ3v) is 4.77. The topological polar surface area (TPSA) is 53.6 Å². The summed E-state index contributed by atoms with van der Waals surface area (Å²) in [4.78, 5) is 14.5. The summed E-state index contributed by atoms with van der Waals surface area (Å²) in [7, 11) is 1.78. The number of amides is 2. The van der Waals surface area contributed by atoms with Gasteiger partial charge >= 0.3 is 6.03 Å². The van der Waals surface area contributed by atoms with Gasteiger partial charge in [-0.15, -0.1) is 0 Å². The number of hydrogen-bond acceptors (Lipinski definition) is 3. The summed E-state index contributed by atoms with van der Waals surface area (Å²) in [5.41, 5.74) is 2.38. The highest BCUT2D eigenvalue weighted by Gasteiger charge is 2.18. The molecule has 1 saturated heterocycles.